The van der Waals surface area contributed by atoms with Gasteiger partial charge in [0.1, 0.15) is 0 Å². The minimum atomic E-state index is 0.838. The van der Waals surface area contributed by atoms with Crippen molar-refractivity contribution < 1.29 is 4.79 Å². The van der Waals surface area contributed by atoms with Gasteiger partial charge in [-0.2, -0.15) is 0 Å². The number of carbonyl (C=O) groups excluding carboxylic acids is 1. The molecule has 1 amide bonds. The van der Waals surface area contributed by atoms with Crippen LogP contribution in [0.2, 0.25) is 0 Å². The summed E-state index contributed by atoms with van der Waals surface area (Å²) >= 11 is 0. The standard InChI is InChI=1S/C9H19N2O/c1-4-6-10(2)7-5-8-11(3)9-12/h9H,1,4-8H2,2-3H3. The highest BCUT2D eigenvalue weighted by molar-refractivity contribution is 5.46. The van der Waals surface area contributed by atoms with E-state index in [9.17, 15) is 4.79 Å². The summed E-state index contributed by atoms with van der Waals surface area (Å²) in [6.45, 7) is 6.68. The van der Waals surface area contributed by atoms with E-state index < -0.39 is 0 Å². The fraction of sp³-hybridized carbons (Fsp3) is 0.778. The summed E-state index contributed by atoms with van der Waals surface area (Å²) < 4.78 is 0. The summed E-state index contributed by atoms with van der Waals surface area (Å²) in [6, 6.07) is 0. The monoisotopic (exact) mass is 171 g/mol. The highest BCUT2D eigenvalue weighted by Crippen LogP contribution is 1.90. The van der Waals surface area contributed by atoms with Crippen molar-refractivity contribution >= 4 is 6.41 Å². The molecule has 1 radical (unpaired) electrons. The maximum absolute atomic E-state index is 10.2. The van der Waals surface area contributed by atoms with Crippen LogP contribution >= 0.6 is 0 Å². The van der Waals surface area contributed by atoms with Crippen LogP contribution in [0, 0.1) is 6.92 Å². The number of hydrogen-bond acceptors (Lipinski definition) is 2. The van der Waals surface area contributed by atoms with Gasteiger partial charge in [0.2, 0.25) is 6.41 Å². The van der Waals surface area contributed by atoms with E-state index in [1.54, 1.807) is 11.9 Å². The van der Waals surface area contributed by atoms with Gasteiger partial charge in [-0.05, 0) is 33.0 Å². The first-order valence-electron chi connectivity index (χ1n) is 4.34. The Kier molecular flexibility index (Phi) is 6.76. The molecular weight excluding hydrogens is 152 g/mol. The predicted molar refractivity (Wildman–Crippen MR) is 50.8 cm³/mol. The Morgan fingerprint density at radius 3 is 2.42 bits per heavy atom. The minimum Gasteiger partial charge on any atom is -0.348 e. The molecule has 71 valence electrons. The van der Waals surface area contributed by atoms with Crippen molar-refractivity contribution in [3.8, 4) is 0 Å². The fourth-order valence-corrected chi connectivity index (χ4v) is 1.02. The van der Waals surface area contributed by atoms with Gasteiger partial charge in [-0.3, -0.25) is 4.79 Å². The van der Waals surface area contributed by atoms with Gasteiger partial charge in [0.25, 0.3) is 0 Å². The van der Waals surface area contributed by atoms with E-state index in [1.807, 2.05) is 0 Å². The number of hydrogen-bond donors (Lipinski definition) is 0. The number of carbonyl (C=O) groups is 1. The van der Waals surface area contributed by atoms with Crippen molar-refractivity contribution in [2.45, 2.75) is 12.8 Å². The number of nitrogens with zero attached hydrogens (tertiary/aromatic N) is 2. The van der Waals surface area contributed by atoms with Gasteiger partial charge in [0.05, 0.1) is 0 Å². The van der Waals surface area contributed by atoms with Crippen molar-refractivity contribution in [2.75, 3.05) is 33.7 Å². The predicted octanol–water partition coefficient (Wildman–Crippen LogP) is 0.621. The van der Waals surface area contributed by atoms with E-state index in [2.05, 4.69) is 18.9 Å². The Labute approximate surface area is 75.3 Å². The molecule has 0 aromatic rings. The Balaban J connectivity index is 3.23. The largest absolute Gasteiger partial charge is 0.348 e. The Bertz CT molecular complexity index is 117. The second-order valence-electron chi connectivity index (χ2n) is 3.10. The van der Waals surface area contributed by atoms with E-state index in [0.717, 1.165) is 38.9 Å². The molecule has 0 fully saturated rings. The normalized spacial score (nSPS) is 10.3. The molecule has 0 aromatic carbocycles. The van der Waals surface area contributed by atoms with Crippen LogP contribution in [0.25, 0.3) is 0 Å². The summed E-state index contributed by atoms with van der Waals surface area (Å²) in [4.78, 5) is 14.1. The van der Waals surface area contributed by atoms with Crippen LogP contribution in [-0.4, -0.2) is 49.9 Å². The molecule has 0 aliphatic carbocycles. The zero-order chi connectivity index (χ0) is 9.40. The van der Waals surface area contributed by atoms with Crippen molar-refractivity contribution in [1.82, 2.24) is 9.80 Å². The van der Waals surface area contributed by atoms with Crippen molar-refractivity contribution in [3.63, 3.8) is 0 Å². The summed E-state index contributed by atoms with van der Waals surface area (Å²) in [7, 11) is 3.88. The third kappa shape index (κ3) is 6.16. The van der Waals surface area contributed by atoms with Gasteiger partial charge in [0.15, 0.2) is 0 Å². The average Bonchev–Trinajstić information content (AvgIpc) is 2.04. The molecule has 0 atom stereocenters. The molecule has 0 aliphatic heterocycles. The molecule has 3 nitrogen and oxygen atoms in total. The maximum Gasteiger partial charge on any atom is 0.209 e. The van der Waals surface area contributed by atoms with Crippen LogP contribution in [-0.2, 0) is 4.79 Å². The van der Waals surface area contributed by atoms with E-state index in [4.69, 9.17) is 0 Å². The third-order valence-electron chi connectivity index (χ3n) is 1.77. The summed E-state index contributed by atoms with van der Waals surface area (Å²) in [6.07, 6.45) is 2.84. The Morgan fingerprint density at radius 1 is 1.25 bits per heavy atom. The molecule has 0 rings (SSSR count). The van der Waals surface area contributed by atoms with Crippen molar-refractivity contribution in [3.05, 3.63) is 6.92 Å². The first kappa shape index (κ1) is 11.4. The van der Waals surface area contributed by atoms with Gasteiger partial charge < -0.3 is 9.80 Å². The first-order valence-corrected chi connectivity index (χ1v) is 4.34. The minimum absolute atomic E-state index is 0.838. The number of rotatable bonds is 7. The van der Waals surface area contributed by atoms with Crippen LogP contribution in [0.1, 0.15) is 12.8 Å². The Hall–Kier alpha value is -0.570. The van der Waals surface area contributed by atoms with E-state index in [-0.39, 0.29) is 0 Å². The molecular formula is C9H19N2O. The average molecular weight is 171 g/mol. The van der Waals surface area contributed by atoms with E-state index in [0.29, 0.717) is 0 Å². The molecule has 0 bridgehead atoms. The van der Waals surface area contributed by atoms with E-state index in [1.165, 1.54) is 0 Å². The maximum atomic E-state index is 10.2. The quantitative estimate of drug-likeness (QED) is 0.524. The zero-order valence-electron chi connectivity index (χ0n) is 8.12. The lowest BCUT2D eigenvalue weighted by Crippen LogP contribution is -2.25. The topological polar surface area (TPSA) is 23.6 Å². The third-order valence-corrected chi connectivity index (χ3v) is 1.77. The van der Waals surface area contributed by atoms with Crippen molar-refractivity contribution in [1.29, 1.82) is 0 Å². The van der Waals surface area contributed by atoms with Crippen LogP contribution < -0.4 is 0 Å². The van der Waals surface area contributed by atoms with Crippen LogP contribution in [0.4, 0.5) is 0 Å². The molecule has 0 N–H and O–H groups in total. The summed E-state index contributed by atoms with van der Waals surface area (Å²) in [5.41, 5.74) is 0. The molecule has 0 spiro atoms. The molecule has 12 heavy (non-hydrogen) atoms. The second kappa shape index (κ2) is 7.10. The van der Waals surface area contributed by atoms with Gasteiger partial charge in [-0.1, -0.05) is 6.92 Å². The van der Waals surface area contributed by atoms with Gasteiger partial charge in [0, 0.05) is 13.6 Å². The van der Waals surface area contributed by atoms with Gasteiger partial charge in [-0.25, -0.2) is 0 Å². The van der Waals surface area contributed by atoms with Crippen LogP contribution in [0.15, 0.2) is 0 Å². The molecule has 0 unspecified atom stereocenters. The molecule has 0 saturated heterocycles. The SMILES string of the molecule is [CH2]CCN(C)CCCN(C)C=O. The highest BCUT2D eigenvalue weighted by atomic mass is 16.1. The lowest BCUT2D eigenvalue weighted by molar-refractivity contribution is -0.117. The van der Waals surface area contributed by atoms with Crippen LogP contribution in [0.3, 0.4) is 0 Å². The first-order chi connectivity index (χ1) is 5.70. The van der Waals surface area contributed by atoms with Gasteiger partial charge >= 0.3 is 0 Å². The lowest BCUT2D eigenvalue weighted by atomic mass is 10.3. The Morgan fingerprint density at radius 2 is 1.92 bits per heavy atom. The molecule has 0 aliphatic rings. The molecule has 0 saturated carbocycles. The van der Waals surface area contributed by atoms with Crippen LogP contribution in [0.5, 0.6) is 0 Å². The van der Waals surface area contributed by atoms with E-state index >= 15 is 0 Å². The molecule has 0 aromatic heterocycles. The zero-order valence-corrected chi connectivity index (χ0v) is 8.12. The lowest BCUT2D eigenvalue weighted by Gasteiger charge is -2.16. The smallest absolute Gasteiger partial charge is 0.209 e. The highest BCUT2D eigenvalue weighted by Gasteiger charge is 1.97. The van der Waals surface area contributed by atoms with Crippen molar-refractivity contribution in [2.24, 2.45) is 0 Å². The summed E-state index contributed by atoms with van der Waals surface area (Å²) in [5, 5.41) is 0. The van der Waals surface area contributed by atoms with Gasteiger partial charge in [-0.15, -0.1) is 0 Å². The molecule has 3 heteroatoms. The second-order valence-corrected chi connectivity index (χ2v) is 3.10. The molecule has 0 heterocycles. The summed E-state index contributed by atoms with van der Waals surface area (Å²) in [5.74, 6) is 0. The number of amides is 1. The fourth-order valence-electron chi connectivity index (χ4n) is 1.02.